The molecule has 7 unspecified atom stereocenters. The van der Waals surface area contributed by atoms with E-state index in [1.165, 1.54) is 19.2 Å². The first-order valence-corrected chi connectivity index (χ1v) is 9.33. The van der Waals surface area contributed by atoms with Crippen LogP contribution in [0.1, 0.15) is 0 Å². The summed E-state index contributed by atoms with van der Waals surface area (Å²) in [6, 6.07) is -2.93. The molecule has 14 heteroatoms. The first kappa shape index (κ1) is 24.4. The number of carbonyl (C=O) groups is 4. The van der Waals surface area contributed by atoms with Crippen LogP contribution in [0.15, 0.2) is 17.1 Å². The smallest absolute Gasteiger partial charge is 0.257 e. The minimum Gasteiger partial charge on any atom is -0.394 e. The number of hydrogen-bond donors (Lipinski definition) is 8. The van der Waals surface area contributed by atoms with Crippen molar-refractivity contribution in [3.05, 3.63) is 12.2 Å². The molecule has 2 aliphatic heterocycles. The van der Waals surface area contributed by atoms with Crippen molar-refractivity contribution in [3.63, 3.8) is 0 Å². The van der Waals surface area contributed by atoms with Gasteiger partial charge in [-0.3, -0.25) is 19.2 Å². The second-order valence-corrected chi connectivity index (χ2v) is 7.03. The number of dihydropyridines is 1. The molecule has 0 aromatic carbocycles. The van der Waals surface area contributed by atoms with Gasteiger partial charge in [0.1, 0.15) is 30.2 Å². The molecule has 2 rings (SSSR count). The van der Waals surface area contributed by atoms with Gasteiger partial charge in [-0.1, -0.05) is 6.08 Å². The Balaban J connectivity index is 2.18. The number of likely N-dealkylation sites (N-methyl/N-ethyl adjacent to an activating group) is 1. The van der Waals surface area contributed by atoms with Crippen molar-refractivity contribution in [3.8, 4) is 0 Å². The molecule has 14 nitrogen and oxygen atoms in total. The standard InChI is InChI=1S/C17H26N6O8/c1-20-4-9(25)21-7(5-24)17(30)23-10-11(26)12(27)13(31-14(10)15(19)28)6-2-3-8(18)22-16(6)29/h2-3,6-7,10-14,20,24,26-27H,4-5H2,1H3,(H2,19,28)(H,21,25)(H,23,30)(H2,18,22,29). The molecule has 31 heavy (non-hydrogen) atoms. The van der Waals surface area contributed by atoms with E-state index in [4.69, 9.17) is 16.2 Å². The van der Waals surface area contributed by atoms with Crippen LogP contribution in [0, 0.1) is 5.92 Å². The normalized spacial score (nSPS) is 31.5. The van der Waals surface area contributed by atoms with Crippen LogP contribution in [0.2, 0.25) is 0 Å². The average molecular weight is 442 g/mol. The molecule has 2 heterocycles. The Kier molecular flexibility index (Phi) is 8.18. The van der Waals surface area contributed by atoms with Gasteiger partial charge in [0, 0.05) is 0 Å². The number of amidine groups is 1. The largest absolute Gasteiger partial charge is 0.394 e. The van der Waals surface area contributed by atoms with Gasteiger partial charge in [-0.25, -0.2) is 0 Å². The van der Waals surface area contributed by atoms with E-state index in [0.29, 0.717) is 0 Å². The van der Waals surface area contributed by atoms with Gasteiger partial charge in [0.2, 0.25) is 17.7 Å². The Bertz CT molecular complexity index is 787. The summed E-state index contributed by atoms with van der Waals surface area (Å²) < 4.78 is 5.48. The Morgan fingerprint density at radius 2 is 1.97 bits per heavy atom. The number of nitrogens with zero attached hydrogens (tertiary/aromatic N) is 1. The third-order valence-corrected chi connectivity index (χ3v) is 4.80. The third kappa shape index (κ3) is 5.62. The minimum atomic E-state index is -1.78. The number of aliphatic hydroxyl groups excluding tert-OH is 3. The van der Waals surface area contributed by atoms with Crippen molar-refractivity contribution in [2.45, 2.75) is 36.5 Å². The van der Waals surface area contributed by atoms with Crippen molar-refractivity contribution >= 4 is 29.5 Å². The molecule has 172 valence electrons. The van der Waals surface area contributed by atoms with E-state index in [2.05, 4.69) is 20.9 Å². The van der Waals surface area contributed by atoms with Crippen molar-refractivity contribution in [1.82, 2.24) is 16.0 Å². The highest BCUT2D eigenvalue weighted by Gasteiger charge is 2.51. The summed E-state index contributed by atoms with van der Waals surface area (Å²) in [7, 11) is 1.50. The van der Waals surface area contributed by atoms with Gasteiger partial charge in [0.05, 0.1) is 25.1 Å². The summed E-state index contributed by atoms with van der Waals surface area (Å²) in [6.07, 6.45) is -3.92. The first-order chi connectivity index (χ1) is 14.6. The van der Waals surface area contributed by atoms with Crippen LogP contribution in [0.4, 0.5) is 0 Å². The monoisotopic (exact) mass is 442 g/mol. The van der Waals surface area contributed by atoms with E-state index in [1.807, 2.05) is 0 Å². The van der Waals surface area contributed by atoms with Crippen LogP contribution in [0.3, 0.4) is 0 Å². The third-order valence-electron chi connectivity index (χ3n) is 4.80. The summed E-state index contributed by atoms with van der Waals surface area (Å²) in [5.41, 5.74) is 10.8. The average Bonchev–Trinajstić information content (AvgIpc) is 2.70. The van der Waals surface area contributed by atoms with Crippen LogP contribution in [-0.4, -0.2) is 101 Å². The van der Waals surface area contributed by atoms with Crippen LogP contribution < -0.4 is 27.4 Å². The zero-order chi connectivity index (χ0) is 23.3. The number of carbonyl (C=O) groups excluding carboxylic acids is 4. The lowest BCUT2D eigenvalue weighted by atomic mass is 9.85. The van der Waals surface area contributed by atoms with Gasteiger partial charge >= 0.3 is 0 Å². The fourth-order valence-electron chi connectivity index (χ4n) is 3.26. The number of nitrogens with one attached hydrogen (secondary N) is 3. The molecule has 0 saturated carbocycles. The Morgan fingerprint density at radius 3 is 2.52 bits per heavy atom. The number of hydrogen-bond acceptors (Lipinski definition) is 10. The predicted molar refractivity (Wildman–Crippen MR) is 104 cm³/mol. The molecule has 1 fully saturated rings. The van der Waals surface area contributed by atoms with Crippen LogP contribution >= 0.6 is 0 Å². The van der Waals surface area contributed by atoms with E-state index in [0.717, 1.165) is 0 Å². The van der Waals surface area contributed by atoms with Gasteiger partial charge in [0.15, 0.2) is 6.10 Å². The van der Waals surface area contributed by atoms with E-state index in [-0.39, 0.29) is 12.4 Å². The molecule has 10 N–H and O–H groups in total. The van der Waals surface area contributed by atoms with Crippen LogP contribution in [0.5, 0.6) is 0 Å². The van der Waals surface area contributed by atoms with Gasteiger partial charge < -0.3 is 47.5 Å². The zero-order valence-electron chi connectivity index (χ0n) is 16.6. The Hall–Kier alpha value is -2.91. The Labute approximate surface area is 176 Å². The first-order valence-electron chi connectivity index (χ1n) is 9.33. The van der Waals surface area contributed by atoms with Crippen molar-refractivity contribution in [2.75, 3.05) is 20.2 Å². The quantitative estimate of drug-likeness (QED) is 0.177. The maximum absolute atomic E-state index is 12.5. The number of primary amides is 1. The van der Waals surface area contributed by atoms with E-state index in [1.54, 1.807) is 0 Å². The number of aliphatic hydroxyl groups is 3. The molecule has 1 saturated heterocycles. The maximum Gasteiger partial charge on any atom is 0.257 e. The lowest BCUT2D eigenvalue weighted by Gasteiger charge is -2.43. The van der Waals surface area contributed by atoms with Gasteiger partial charge in [-0.05, 0) is 13.1 Å². The van der Waals surface area contributed by atoms with Gasteiger partial charge in [-0.2, -0.15) is 4.99 Å². The molecular weight excluding hydrogens is 416 g/mol. The van der Waals surface area contributed by atoms with Crippen LogP contribution in [0.25, 0.3) is 0 Å². The summed E-state index contributed by atoms with van der Waals surface area (Å²) in [5.74, 6) is -4.60. The zero-order valence-corrected chi connectivity index (χ0v) is 16.6. The SMILES string of the molecule is CNCC(=O)NC(CO)C(=O)NC1C(C(N)=O)OC(C2C=CC(N)=NC2=O)C(O)C1O. The van der Waals surface area contributed by atoms with Crippen molar-refractivity contribution in [1.29, 1.82) is 0 Å². The number of ether oxygens (including phenoxy) is 1. The maximum atomic E-state index is 12.5. The highest BCUT2D eigenvalue weighted by molar-refractivity contribution is 6.04. The summed E-state index contributed by atoms with van der Waals surface area (Å²) >= 11 is 0. The number of aliphatic imine (C=N–C) groups is 1. The van der Waals surface area contributed by atoms with Crippen molar-refractivity contribution < 1.29 is 39.2 Å². The van der Waals surface area contributed by atoms with Crippen molar-refractivity contribution in [2.24, 2.45) is 22.4 Å². The molecular formula is C17H26N6O8. The minimum absolute atomic E-state index is 0.0564. The highest BCUT2D eigenvalue weighted by atomic mass is 16.5. The van der Waals surface area contributed by atoms with Crippen LogP contribution in [-0.2, 0) is 23.9 Å². The van der Waals surface area contributed by atoms with Gasteiger partial charge in [-0.15, -0.1) is 0 Å². The number of rotatable bonds is 8. The second kappa shape index (κ2) is 10.4. The summed E-state index contributed by atoms with van der Waals surface area (Å²) in [5, 5.41) is 37.5. The van der Waals surface area contributed by atoms with E-state index >= 15 is 0 Å². The molecule has 0 bridgehead atoms. The topological polar surface area (TPSA) is 239 Å². The fourth-order valence-corrected chi connectivity index (χ4v) is 3.26. The number of amides is 4. The molecule has 2 aliphatic rings. The second-order valence-electron chi connectivity index (χ2n) is 7.03. The fraction of sp³-hybridized carbons (Fsp3) is 0.588. The van der Waals surface area contributed by atoms with Gasteiger partial charge in [0.25, 0.3) is 5.91 Å². The molecule has 0 aliphatic carbocycles. The Morgan fingerprint density at radius 1 is 1.29 bits per heavy atom. The predicted octanol–water partition coefficient (Wildman–Crippen LogP) is -5.79. The van der Waals surface area contributed by atoms with E-state index < -0.39 is 72.7 Å². The molecule has 0 radical (unpaired) electrons. The lowest BCUT2D eigenvalue weighted by Crippen LogP contribution is -2.69. The highest BCUT2D eigenvalue weighted by Crippen LogP contribution is 2.28. The molecule has 7 atom stereocenters. The number of nitrogens with two attached hydrogens (primary N) is 2. The molecule has 0 aromatic rings. The summed E-state index contributed by atoms with van der Waals surface area (Å²) in [6.45, 7) is -0.905. The summed E-state index contributed by atoms with van der Waals surface area (Å²) in [4.78, 5) is 51.7. The lowest BCUT2D eigenvalue weighted by molar-refractivity contribution is -0.198. The molecule has 0 spiro atoms. The molecule has 0 aromatic heterocycles. The molecule has 4 amide bonds. The van der Waals surface area contributed by atoms with E-state index in [9.17, 15) is 34.5 Å².